The molecule has 2 N–H and O–H groups in total. The SMILES string of the molecule is Cc1c(Oc2ccccc2)ccc(C(N)=O)c1C1CCN(CC2CCCO2)CC1. The van der Waals surface area contributed by atoms with Crippen molar-refractivity contribution in [2.45, 2.75) is 44.6 Å². The van der Waals surface area contributed by atoms with E-state index in [2.05, 4.69) is 4.90 Å². The number of hydrogen-bond donors (Lipinski definition) is 1. The van der Waals surface area contributed by atoms with Crippen LogP contribution in [0.5, 0.6) is 11.5 Å². The topological polar surface area (TPSA) is 64.8 Å². The van der Waals surface area contributed by atoms with Crippen molar-refractivity contribution in [2.24, 2.45) is 5.73 Å². The summed E-state index contributed by atoms with van der Waals surface area (Å²) >= 11 is 0. The predicted octanol–water partition coefficient (Wildman–Crippen LogP) is 4.24. The zero-order valence-corrected chi connectivity index (χ0v) is 17.1. The van der Waals surface area contributed by atoms with Crippen LogP contribution >= 0.6 is 0 Å². The number of ether oxygens (including phenoxy) is 2. The summed E-state index contributed by atoms with van der Waals surface area (Å²) in [6.45, 7) is 6.00. The molecular weight excluding hydrogens is 364 g/mol. The highest BCUT2D eigenvalue weighted by atomic mass is 16.5. The number of piperidine rings is 1. The van der Waals surface area contributed by atoms with Gasteiger partial charge in [0.1, 0.15) is 11.5 Å². The average molecular weight is 395 g/mol. The normalized spacial score (nSPS) is 20.7. The molecule has 2 aliphatic rings. The molecule has 0 aliphatic carbocycles. The molecule has 5 nitrogen and oxygen atoms in total. The van der Waals surface area contributed by atoms with Crippen LogP contribution in [-0.4, -0.2) is 43.2 Å². The minimum atomic E-state index is -0.365. The molecule has 2 saturated heterocycles. The molecular formula is C24H30N2O3. The van der Waals surface area contributed by atoms with Gasteiger partial charge in [0, 0.05) is 18.7 Å². The summed E-state index contributed by atoms with van der Waals surface area (Å²) in [6.07, 6.45) is 4.77. The molecule has 0 radical (unpaired) electrons. The lowest BCUT2D eigenvalue weighted by atomic mass is 9.83. The number of carbonyl (C=O) groups is 1. The van der Waals surface area contributed by atoms with Gasteiger partial charge in [-0.1, -0.05) is 18.2 Å². The molecule has 0 saturated carbocycles. The Morgan fingerprint density at radius 3 is 2.55 bits per heavy atom. The summed E-state index contributed by atoms with van der Waals surface area (Å²) in [4.78, 5) is 14.6. The van der Waals surface area contributed by atoms with Crippen molar-refractivity contribution >= 4 is 5.91 Å². The van der Waals surface area contributed by atoms with Crippen LogP contribution in [-0.2, 0) is 4.74 Å². The van der Waals surface area contributed by atoms with Crippen molar-refractivity contribution in [3.8, 4) is 11.5 Å². The van der Waals surface area contributed by atoms with Crippen LogP contribution in [0.15, 0.2) is 42.5 Å². The fourth-order valence-electron chi connectivity index (χ4n) is 4.66. The molecule has 2 aliphatic heterocycles. The van der Waals surface area contributed by atoms with Gasteiger partial charge in [-0.05, 0) is 87.0 Å². The molecule has 1 unspecified atom stereocenters. The predicted molar refractivity (Wildman–Crippen MR) is 114 cm³/mol. The summed E-state index contributed by atoms with van der Waals surface area (Å²) in [5, 5.41) is 0. The number of nitrogens with two attached hydrogens (primary N) is 1. The molecule has 2 aromatic carbocycles. The van der Waals surface area contributed by atoms with E-state index in [0.29, 0.717) is 17.6 Å². The van der Waals surface area contributed by atoms with Gasteiger partial charge in [0.2, 0.25) is 5.91 Å². The Bertz CT molecular complexity index is 839. The molecule has 154 valence electrons. The maximum atomic E-state index is 12.1. The van der Waals surface area contributed by atoms with Crippen LogP contribution in [0.1, 0.15) is 53.1 Å². The molecule has 5 heteroatoms. The molecule has 2 heterocycles. The van der Waals surface area contributed by atoms with Gasteiger partial charge in [-0.3, -0.25) is 4.79 Å². The largest absolute Gasteiger partial charge is 0.457 e. The molecule has 4 rings (SSSR count). The van der Waals surface area contributed by atoms with Crippen LogP contribution in [0, 0.1) is 6.92 Å². The smallest absolute Gasteiger partial charge is 0.249 e. The van der Waals surface area contributed by atoms with Crippen LogP contribution < -0.4 is 10.5 Å². The van der Waals surface area contributed by atoms with Crippen molar-refractivity contribution in [2.75, 3.05) is 26.2 Å². The third kappa shape index (κ3) is 4.62. The van der Waals surface area contributed by atoms with E-state index in [1.807, 2.05) is 49.4 Å². The Morgan fingerprint density at radius 1 is 1.14 bits per heavy atom. The highest BCUT2D eigenvalue weighted by Crippen LogP contribution is 2.38. The van der Waals surface area contributed by atoms with Gasteiger partial charge < -0.3 is 20.1 Å². The lowest BCUT2D eigenvalue weighted by molar-refractivity contribution is 0.0642. The standard InChI is InChI=1S/C24H30N2O3/c1-17-22(29-19-6-3-2-4-7-19)10-9-21(24(25)27)23(17)18-11-13-26(14-12-18)16-20-8-5-15-28-20/h2-4,6-7,9-10,18,20H,5,8,11-16H2,1H3,(H2,25,27). The molecule has 1 atom stereocenters. The maximum absolute atomic E-state index is 12.1. The van der Waals surface area contributed by atoms with Crippen molar-refractivity contribution in [1.82, 2.24) is 4.90 Å². The van der Waals surface area contributed by atoms with E-state index in [-0.39, 0.29) is 5.91 Å². The Balaban J connectivity index is 1.52. The Hall–Kier alpha value is -2.37. The number of amides is 1. The quantitative estimate of drug-likeness (QED) is 0.796. The van der Waals surface area contributed by atoms with Crippen molar-refractivity contribution < 1.29 is 14.3 Å². The average Bonchev–Trinajstić information content (AvgIpc) is 3.24. The third-order valence-electron chi connectivity index (χ3n) is 6.18. The minimum absolute atomic E-state index is 0.317. The van der Waals surface area contributed by atoms with Gasteiger partial charge in [-0.25, -0.2) is 0 Å². The number of para-hydroxylation sites is 1. The number of primary amides is 1. The van der Waals surface area contributed by atoms with E-state index in [1.54, 1.807) is 0 Å². The van der Waals surface area contributed by atoms with Crippen LogP contribution in [0.3, 0.4) is 0 Å². The first-order valence-corrected chi connectivity index (χ1v) is 10.6. The second kappa shape index (κ2) is 8.97. The summed E-state index contributed by atoms with van der Waals surface area (Å²) in [5.41, 5.74) is 8.42. The van der Waals surface area contributed by atoms with Crippen LogP contribution in [0.4, 0.5) is 0 Å². The summed E-state index contributed by atoms with van der Waals surface area (Å²) < 4.78 is 11.9. The lowest BCUT2D eigenvalue weighted by Crippen LogP contribution is -2.38. The number of carbonyl (C=O) groups excluding carboxylic acids is 1. The molecule has 0 aromatic heterocycles. The molecule has 2 aromatic rings. The van der Waals surface area contributed by atoms with E-state index in [0.717, 1.165) is 61.7 Å². The van der Waals surface area contributed by atoms with E-state index < -0.39 is 0 Å². The van der Waals surface area contributed by atoms with Crippen LogP contribution in [0.2, 0.25) is 0 Å². The Labute approximate surface area is 172 Å². The first-order chi connectivity index (χ1) is 14.1. The van der Waals surface area contributed by atoms with Gasteiger partial charge in [-0.15, -0.1) is 0 Å². The minimum Gasteiger partial charge on any atom is -0.457 e. The number of likely N-dealkylation sites (tertiary alicyclic amines) is 1. The molecule has 2 fully saturated rings. The molecule has 0 spiro atoms. The van der Waals surface area contributed by atoms with E-state index >= 15 is 0 Å². The zero-order chi connectivity index (χ0) is 20.2. The molecule has 1 amide bonds. The highest BCUT2D eigenvalue weighted by molar-refractivity contribution is 5.95. The Morgan fingerprint density at radius 2 is 1.90 bits per heavy atom. The van der Waals surface area contributed by atoms with Gasteiger partial charge >= 0.3 is 0 Å². The number of hydrogen-bond acceptors (Lipinski definition) is 4. The maximum Gasteiger partial charge on any atom is 0.249 e. The fourth-order valence-corrected chi connectivity index (χ4v) is 4.66. The number of benzene rings is 2. The van der Waals surface area contributed by atoms with Gasteiger partial charge in [0.05, 0.1) is 6.10 Å². The van der Waals surface area contributed by atoms with Crippen molar-refractivity contribution in [1.29, 1.82) is 0 Å². The van der Waals surface area contributed by atoms with Crippen LogP contribution in [0.25, 0.3) is 0 Å². The molecule has 29 heavy (non-hydrogen) atoms. The van der Waals surface area contributed by atoms with Crippen molar-refractivity contribution in [3.05, 3.63) is 59.2 Å². The monoisotopic (exact) mass is 394 g/mol. The van der Waals surface area contributed by atoms with Crippen molar-refractivity contribution in [3.63, 3.8) is 0 Å². The highest BCUT2D eigenvalue weighted by Gasteiger charge is 2.28. The summed E-state index contributed by atoms with van der Waals surface area (Å²) in [7, 11) is 0. The van der Waals surface area contributed by atoms with E-state index in [9.17, 15) is 4.79 Å². The number of nitrogens with zero attached hydrogens (tertiary/aromatic N) is 1. The Kier molecular flexibility index (Phi) is 6.16. The zero-order valence-electron chi connectivity index (χ0n) is 17.1. The fraction of sp³-hybridized carbons (Fsp3) is 0.458. The first-order valence-electron chi connectivity index (χ1n) is 10.6. The second-order valence-electron chi connectivity index (χ2n) is 8.14. The van der Waals surface area contributed by atoms with Gasteiger partial charge in [-0.2, -0.15) is 0 Å². The number of rotatable bonds is 6. The van der Waals surface area contributed by atoms with Gasteiger partial charge in [0.25, 0.3) is 0 Å². The first kappa shape index (κ1) is 19.9. The van der Waals surface area contributed by atoms with E-state index in [1.165, 1.54) is 12.8 Å². The summed E-state index contributed by atoms with van der Waals surface area (Å²) in [5.74, 6) is 1.53. The second-order valence-corrected chi connectivity index (χ2v) is 8.14. The van der Waals surface area contributed by atoms with Gasteiger partial charge in [0.15, 0.2) is 0 Å². The lowest BCUT2D eigenvalue weighted by Gasteiger charge is -2.34. The third-order valence-corrected chi connectivity index (χ3v) is 6.18. The molecule has 0 bridgehead atoms. The summed E-state index contributed by atoms with van der Waals surface area (Å²) in [6, 6.07) is 13.4. The van der Waals surface area contributed by atoms with E-state index in [4.69, 9.17) is 15.2 Å².